The predicted octanol–water partition coefficient (Wildman–Crippen LogP) is 2.71. The van der Waals surface area contributed by atoms with E-state index in [-0.39, 0.29) is 10.8 Å². The summed E-state index contributed by atoms with van der Waals surface area (Å²) >= 11 is 0. The van der Waals surface area contributed by atoms with Crippen LogP contribution in [-0.4, -0.2) is 8.42 Å². The normalized spacial score (nSPS) is 13.4. The molecule has 1 rings (SSSR count). The first-order valence-electron chi connectivity index (χ1n) is 5.66. The van der Waals surface area contributed by atoms with Gasteiger partial charge in [0.25, 0.3) is 0 Å². The minimum atomic E-state index is -3.69. The van der Waals surface area contributed by atoms with Crippen LogP contribution in [0.3, 0.4) is 0 Å². The third-order valence-corrected chi connectivity index (χ3v) is 3.94. The highest BCUT2D eigenvalue weighted by atomic mass is 32.2. The molecule has 0 amide bonds. The molecule has 0 aliphatic rings. The number of hydrogen-bond acceptors (Lipinski definition) is 2. The number of hydrogen-bond donors (Lipinski definition) is 1. The van der Waals surface area contributed by atoms with Gasteiger partial charge in [0.1, 0.15) is 0 Å². The molecule has 0 radical (unpaired) electrons. The lowest BCUT2D eigenvalue weighted by atomic mass is 9.93. The SMILES string of the molecule is C=CC(CCC)c1cccc(C)c1S(N)(=O)=O. The van der Waals surface area contributed by atoms with Crippen molar-refractivity contribution in [3.05, 3.63) is 42.0 Å². The van der Waals surface area contributed by atoms with Crippen molar-refractivity contribution in [2.75, 3.05) is 0 Å². The average molecular weight is 253 g/mol. The summed E-state index contributed by atoms with van der Waals surface area (Å²) in [6.45, 7) is 7.59. The first kappa shape index (κ1) is 13.9. The number of sulfonamides is 1. The van der Waals surface area contributed by atoms with E-state index >= 15 is 0 Å². The van der Waals surface area contributed by atoms with E-state index in [9.17, 15) is 8.42 Å². The quantitative estimate of drug-likeness (QED) is 0.820. The molecule has 0 aliphatic heterocycles. The Morgan fingerprint density at radius 2 is 2.12 bits per heavy atom. The van der Waals surface area contributed by atoms with E-state index in [2.05, 4.69) is 13.5 Å². The second-order valence-electron chi connectivity index (χ2n) is 4.17. The summed E-state index contributed by atoms with van der Waals surface area (Å²) in [4.78, 5) is 0.248. The van der Waals surface area contributed by atoms with Crippen LogP contribution in [0.25, 0.3) is 0 Å². The Hall–Kier alpha value is -1.13. The van der Waals surface area contributed by atoms with E-state index in [4.69, 9.17) is 5.14 Å². The molecule has 17 heavy (non-hydrogen) atoms. The summed E-state index contributed by atoms with van der Waals surface area (Å²) in [5.41, 5.74) is 1.44. The molecule has 0 aromatic heterocycles. The summed E-state index contributed by atoms with van der Waals surface area (Å²) in [6, 6.07) is 5.43. The van der Waals surface area contributed by atoms with Gasteiger partial charge < -0.3 is 0 Å². The number of allylic oxidation sites excluding steroid dienone is 1. The van der Waals surface area contributed by atoms with Crippen LogP contribution in [0, 0.1) is 6.92 Å². The number of benzene rings is 1. The second kappa shape index (κ2) is 5.47. The summed E-state index contributed by atoms with van der Waals surface area (Å²) < 4.78 is 23.3. The lowest BCUT2D eigenvalue weighted by Gasteiger charge is -2.17. The van der Waals surface area contributed by atoms with Gasteiger partial charge in [0.15, 0.2) is 0 Å². The molecule has 3 nitrogen and oxygen atoms in total. The summed E-state index contributed by atoms with van der Waals surface area (Å²) in [5.74, 6) is 0.0354. The van der Waals surface area contributed by atoms with Crippen LogP contribution in [0.2, 0.25) is 0 Å². The molecule has 2 N–H and O–H groups in total. The monoisotopic (exact) mass is 253 g/mol. The van der Waals surface area contributed by atoms with Crippen LogP contribution >= 0.6 is 0 Å². The smallest absolute Gasteiger partial charge is 0.225 e. The Labute approximate surface area is 103 Å². The molecule has 0 bridgehead atoms. The van der Waals surface area contributed by atoms with E-state index in [1.807, 2.05) is 12.1 Å². The van der Waals surface area contributed by atoms with Crippen molar-refractivity contribution in [2.45, 2.75) is 37.5 Å². The third-order valence-electron chi connectivity index (χ3n) is 2.81. The fraction of sp³-hybridized carbons (Fsp3) is 0.385. The van der Waals surface area contributed by atoms with Crippen molar-refractivity contribution < 1.29 is 8.42 Å². The zero-order chi connectivity index (χ0) is 13.1. The maximum absolute atomic E-state index is 11.6. The van der Waals surface area contributed by atoms with Crippen LogP contribution < -0.4 is 5.14 Å². The second-order valence-corrected chi connectivity index (χ2v) is 5.67. The predicted molar refractivity (Wildman–Crippen MR) is 70.4 cm³/mol. The lowest BCUT2D eigenvalue weighted by molar-refractivity contribution is 0.593. The standard InChI is InChI=1S/C13H19NO2S/c1-4-7-11(5-2)12-9-6-8-10(3)13(12)17(14,15)16/h5-6,8-9,11H,2,4,7H2,1,3H3,(H2,14,15,16). The van der Waals surface area contributed by atoms with Gasteiger partial charge in [-0.25, -0.2) is 13.6 Å². The highest BCUT2D eigenvalue weighted by Crippen LogP contribution is 2.29. The molecule has 94 valence electrons. The fourth-order valence-electron chi connectivity index (χ4n) is 2.07. The topological polar surface area (TPSA) is 60.2 Å². The molecular formula is C13H19NO2S. The van der Waals surface area contributed by atoms with Gasteiger partial charge in [-0.15, -0.1) is 6.58 Å². The maximum Gasteiger partial charge on any atom is 0.238 e. The zero-order valence-electron chi connectivity index (χ0n) is 10.3. The highest BCUT2D eigenvalue weighted by molar-refractivity contribution is 7.89. The van der Waals surface area contributed by atoms with E-state index in [0.29, 0.717) is 5.56 Å². The molecule has 4 heteroatoms. The largest absolute Gasteiger partial charge is 0.238 e. The van der Waals surface area contributed by atoms with Crippen molar-refractivity contribution in [1.29, 1.82) is 0 Å². The molecular weight excluding hydrogens is 234 g/mol. The summed E-state index contributed by atoms with van der Waals surface area (Å²) in [6.07, 6.45) is 3.62. The number of primary sulfonamides is 1. The molecule has 0 aliphatic carbocycles. The van der Waals surface area contributed by atoms with Crippen molar-refractivity contribution in [3.63, 3.8) is 0 Å². The minimum Gasteiger partial charge on any atom is -0.225 e. The van der Waals surface area contributed by atoms with E-state index in [0.717, 1.165) is 18.4 Å². The Morgan fingerprint density at radius 3 is 2.59 bits per heavy atom. The summed E-state index contributed by atoms with van der Waals surface area (Å²) in [5, 5.41) is 5.28. The number of nitrogens with two attached hydrogens (primary N) is 1. The van der Waals surface area contributed by atoms with Gasteiger partial charge in [-0.2, -0.15) is 0 Å². The molecule has 0 fully saturated rings. The van der Waals surface area contributed by atoms with Crippen molar-refractivity contribution in [1.82, 2.24) is 0 Å². The van der Waals surface area contributed by atoms with E-state index in [1.165, 1.54) is 0 Å². The Bertz CT molecular complexity index is 506. The van der Waals surface area contributed by atoms with Crippen molar-refractivity contribution in [2.24, 2.45) is 5.14 Å². The first-order valence-corrected chi connectivity index (χ1v) is 7.21. The Kier molecular flexibility index (Phi) is 4.48. The minimum absolute atomic E-state index is 0.0354. The van der Waals surface area contributed by atoms with Crippen LogP contribution in [0.5, 0.6) is 0 Å². The van der Waals surface area contributed by atoms with Crippen LogP contribution in [0.4, 0.5) is 0 Å². The Balaban J connectivity index is 3.43. The molecule has 1 aromatic carbocycles. The van der Waals surface area contributed by atoms with Gasteiger partial charge in [-0.05, 0) is 24.5 Å². The lowest BCUT2D eigenvalue weighted by Crippen LogP contribution is -2.17. The first-order chi connectivity index (χ1) is 7.91. The van der Waals surface area contributed by atoms with Crippen LogP contribution in [-0.2, 0) is 10.0 Å². The highest BCUT2D eigenvalue weighted by Gasteiger charge is 2.20. The molecule has 1 unspecified atom stereocenters. The van der Waals surface area contributed by atoms with E-state index in [1.54, 1.807) is 19.1 Å². The molecule has 0 spiro atoms. The van der Waals surface area contributed by atoms with E-state index < -0.39 is 10.0 Å². The molecule has 0 saturated heterocycles. The van der Waals surface area contributed by atoms with Gasteiger partial charge in [0.2, 0.25) is 10.0 Å². The van der Waals surface area contributed by atoms with Crippen LogP contribution in [0.1, 0.15) is 36.8 Å². The molecule has 0 heterocycles. The average Bonchev–Trinajstić information content (AvgIpc) is 2.23. The van der Waals surface area contributed by atoms with Crippen LogP contribution in [0.15, 0.2) is 35.7 Å². The summed E-state index contributed by atoms with van der Waals surface area (Å²) in [7, 11) is -3.69. The Morgan fingerprint density at radius 1 is 1.47 bits per heavy atom. The molecule has 1 atom stereocenters. The van der Waals surface area contributed by atoms with Gasteiger partial charge >= 0.3 is 0 Å². The van der Waals surface area contributed by atoms with Gasteiger partial charge in [0.05, 0.1) is 4.90 Å². The number of aryl methyl sites for hydroxylation is 1. The molecule has 1 aromatic rings. The van der Waals surface area contributed by atoms with Gasteiger partial charge in [-0.1, -0.05) is 37.6 Å². The zero-order valence-corrected chi connectivity index (χ0v) is 11.1. The third kappa shape index (κ3) is 3.17. The van der Waals surface area contributed by atoms with Gasteiger partial charge in [-0.3, -0.25) is 0 Å². The van der Waals surface area contributed by atoms with Crippen molar-refractivity contribution >= 4 is 10.0 Å². The maximum atomic E-state index is 11.6. The van der Waals surface area contributed by atoms with Crippen molar-refractivity contribution in [3.8, 4) is 0 Å². The molecule has 0 saturated carbocycles. The van der Waals surface area contributed by atoms with Gasteiger partial charge in [0, 0.05) is 5.92 Å². The number of rotatable bonds is 5. The fourth-order valence-corrected chi connectivity index (χ4v) is 3.13.